The number of amides is 1. The van der Waals surface area contributed by atoms with Crippen molar-refractivity contribution in [1.29, 1.82) is 0 Å². The molecule has 1 unspecified atom stereocenters. The van der Waals surface area contributed by atoms with Crippen LogP contribution in [0.2, 0.25) is 5.02 Å². The average molecular weight is 375 g/mol. The van der Waals surface area contributed by atoms with Gasteiger partial charge in [0.05, 0.1) is 0 Å². The van der Waals surface area contributed by atoms with Crippen molar-refractivity contribution in [2.75, 3.05) is 13.1 Å². The summed E-state index contributed by atoms with van der Waals surface area (Å²) in [6.45, 7) is 2.01. The van der Waals surface area contributed by atoms with Gasteiger partial charge in [0.25, 0.3) is 0 Å². The summed E-state index contributed by atoms with van der Waals surface area (Å²) in [5.41, 5.74) is 1.86. The fourth-order valence-electron chi connectivity index (χ4n) is 3.43. The summed E-state index contributed by atoms with van der Waals surface area (Å²) in [5, 5.41) is 4.02. The molecule has 1 heterocycles. The fraction of sp³-hybridized carbons (Fsp3) is 0.381. The molecule has 26 heavy (non-hydrogen) atoms. The van der Waals surface area contributed by atoms with Crippen LogP contribution in [0.25, 0.3) is 0 Å². The van der Waals surface area contributed by atoms with E-state index in [1.165, 1.54) is 11.6 Å². The van der Waals surface area contributed by atoms with E-state index in [-0.39, 0.29) is 17.8 Å². The third-order valence-electron chi connectivity index (χ3n) is 4.93. The number of nitrogens with one attached hydrogen (secondary N) is 1. The van der Waals surface area contributed by atoms with Crippen molar-refractivity contribution in [3.63, 3.8) is 0 Å². The van der Waals surface area contributed by atoms with Crippen LogP contribution in [0.3, 0.4) is 0 Å². The van der Waals surface area contributed by atoms with Gasteiger partial charge in [-0.25, -0.2) is 4.39 Å². The van der Waals surface area contributed by atoms with E-state index in [0.717, 1.165) is 37.4 Å². The van der Waals surface area contributed by atoms with Gasteiger partial charge in [-0.3, -0.25) is 4.79 Å². The number of hydrogen-bond donors (Lipinski definition) is 1. The monoisotopic (exact) mass is 374 g/mol. The molecule has 138 valence electrons. The molecule has 1 amide bonds. The van der Waals surface area contributed by atoms with Gasteiger partial charge in [-0.15, -0.1) is 0 Å². The van der Waals surface area contributed by atoms with Crippen LogP contribution in [0.15, 0.2) is 48.5 Å². The maximum absolute atomic E-state index is 13.6. The number of benzene rings is 2. The van der Waals surface area contributed by atoms with Crippen molar-refractivity contribution in [2.24, 2.45) is 0 Å². The van der Waals surface area contributed by atoms with E-state index in [1.54, 1.807) is 12.1 Å². The zero-order valence-corrected chi connectivity index (χ0v) is 15.5. The lowest BCUT2D eigenvalue weighted by atomic mass is 10.1. The van der Waals surface area contributed by atoms with E-state index in [0.29, 0.717) is 18.5 Å². The number of carbonyl (C=O) groups is 1. The quantitative estimate of drug-likeness (QED) is 0.702. The maximum Gasteiger partial charge on any atom is 0.222 e. The van der Waals surface area contributed by atoms with Gasteiger partial charge in [-0.2, -0.15) is 0 Å². The Hall–Kier alpha value is -1.91. The van der Waals surface area contributed by atoms with Gasteiger partial charge in [0.1, 0.15) is 5.82 Å². The number of rotatable bonds is 8. The first-order valence-corrected chi connectivity index (χ1v) is 9.49. The maximum atomic E-state index is 13.6. The SMILES string of the molecule is O=C1CCC(CCNCc2ccccc2F)N1CCc1ccc(Cl)cc1. The highest BCUT2D eigenvalue weighted by Crippen LogP contribution is 2.22. The van der Waals surface area contributed by atoms with E-state index in [4.69, 9.17) is 11.6 Å². The smallest absolute Gasteiger partial charge is 0.222 e. The van der Waals surface area contributed by atoms with Crippen LogP contribution in [0, 0.1) is 5.82 Å². The largest absolute Gasteiger partial charge is 0.339 e. The standard InChI is InChI=1S/C21H24ClFN2O/c22-18-7-5-16(6-8-18)12-14-25-19(9-10-21(25)26)11-13-24-15-17-3-1-2-4-20(17)23/h1-8,19,24H,9-15H2. The first-order chi connectivity index (χ1) is 12.6. The van der Waals surface area contributed by atoms with Crippen molar-refractivity contribution in [1.82, 2.24) is 10.2 Å². The molecular weight excluding hydrogens is 351 g/mol. The Morgan fingerprint density at radius 1 is 1.15 bits per heavy atom. The molecule has 2 aromatic carbocycles. The lowest BCUT2D eigenvalue weighted by Gasteiger charge is -2.25. The molecule has 3 nitrogen and oxygen atoms in total. The second-order valence-electron chi connectivity index (χ2n) is 6.71. The summed E-state index contributed by atoms with van der Waals surface area (Å²) < 4.78 is 13.6. The van der Waals surface area contributed by atoms with Crippen LogP contribution in [0.1, 0.15) is 30.4 Å². The van der Waals surface area contributed by atoms with Gasteiger partial charge >= 0.3 is 0 Å². The van der Waals surface area contributed by atoms with E-state index in [1.807, 2.05) is 35.2 Å². The van der Waals surface area contributed by atoms with E-state index < -0.39 is 0 Å². The molecule has 1 aliphatic heterocycles. The van der Waals surface area contributed by atoms with Crippen molar-refractivity contribution < 1.29 is 9.18 Å². The minimum Gasteiger partial charge on any atom is -0.339 e. The Kier molecular flexibility index (Phi) is 6.64. The molecule has 0 spiro atoms. The molecule has 0 saturated carbocycles. The predicted molar refractivity (Wildman–Crippen MR) is 103 cm³/mol. The van der Waals surface area contributed by atoms with Crippen molar-refractivity contribution in [2.45, 2.75) is 38.3 Å². The van der Waals surface area contributed by atoms with Gasteiger partial charge in [0.15, 0.2) is 0 Å². The van der Waals surface area contributed by atoms with Crippen molar-refractivity contribution >= 4 is 17.5 Å². The zero-order chi connectivity index (χ0) is 18.4. The van der Waals surface area contributed by atoms with Gasteiger partial charge in [0.2, 0.25) is 5.91 Å². The second-order valence-corrected chi connectivity index (χ2v) is 7.15. The fourth-order valence-corrected chi connectivity index (χ4v) is 3.56. The highest BCUT2D eigenvalue weighted by molar-refractivity contribution is 6.30. The van der Waals surface area contributed by atoms with Gasteiger partial charge in [-0.05, 0) is 49.6 Å². The van der Waals surface area contributed by atoms with Crippen LogP contribution >= 0.6 is 11.6 Å². The minimum atomic E-state index is -0.180. The Labute approximate surface area is 159 Å². The summed E-state index contributed by atoms with van der Waals surface area (Å²) in [6.07, 6.45) is 3.25. The van der Waals surface area contributed by atoms with E-state index in [2.05, 4.69) is 5.32 Å². The summed E-state index contributed by atoms with van der Waals surface area (Å²) in [7, 11) is 0. The lowest BCUT2D eigenvalue weighted by molar-refractivity contribution is -0.129. The molecule has 2 aromatic rings. The summed E-state index contributed by atoms with van der Waals surface area (Å²) >= 11 is 5.92. The van der Waals surface area contributed by atoms with Gasteiger partial charge in [0, 0.05) is 36.1 Å². The molecule has 1 atom stereocenters. The summed E-state index contributed by atoms with van der Waals surface area (Å²) in [5.74, 6) is 0.0544. The van der Waals surface area contributed by atoms with Crippen LogP contribution in [0.5, 0.6) is 0 Å². The van der Waals surface area contributed by atoms with E-state index >= 15 is 0 Å². The Bertz CT molecular complexity index is 735. The third-order valence-corrected chi connectivity index (χ3v) is 5.19. The zero-order valence-electron chi connectivity index (χ0n) is 14.8. The molecule has 0 bridgehead atoms. The van der Waals surface area contributed by atoms with Crippen LogP contribution in [-0.2, 0) is 17.8 Å². The molecule has 1 aliphatic rings. The first kappa shape index (κ1) is 18.9. The predicted octanol–water partition coefficient (Wildman–Crippen LogP) is 4.19. The Morgan fingerprint density at radius 2 is 1.92 bits per heavy atom. The molecule has 0 aromatic heterocycles. The van der Waals surface area contributed by atoms with Crippen LogP contribution in [0.4, 0.5) is 4.39 Å². The number of likely N-dealkylation sites (tertiary alicyclic amines) is 1. The summed E-state index contributed by atoms with van der Waals surface area (Å²) in [4.78, 5) is 14.2. The van der Waals surface area contributed by atoms with Crippen molar-refractivity contribution in [3.8, 4) is 0 Å². The number of halogens is 2. The van der Waals surface area contributed by atoms with Gasteiger partial charge in [-0.1, -0.05) is 41.9 Å². The number of hydrogen-bond acceptors (Lipinski definition) is 2. The third kappa shape index (κ3) is 5.05. The summed E-state index contributed by atoms with van der Waals surface area (Å²) in [6, 6.07) is 14.9. The molecule has 1 fully saturated rings. The number of nitrogens with zero attached hydrogens (tertiary/aromatic N) is 1. The Balaban J connectivity index is 1.45. The molecular formula is C21H24ClFN2O. The minimum absolute atomic E-state index is 0.180. The van der Waals surface area contributed by atoms with Crippen molar-refractivity contribution in [3.05, 3.63) is 70.5 Å². The molecule has 1 saturated heterocycles. The second kappa shape index (κ2) is 9.15. The highest BCUT2D eigenvalue weighted by atomic mass is 35.5. The number of carbonyl (C=O) groups excluding carboxylic acids is 1. The van der Waals surface area contributed by atoms with Crippen LogP contribution in [-0.4, -0.2) is 29.9 Å². The molecule has 0 radical (unpaired) electrons. The molecule has 5 heteroatoms. The first-order valence-electron chi connectivity index (χ1n) is 9.11. The van der Waals surface area contributed by atoms with E-state index in [9.17, 15) is 9.18 Å². The normalized spacial score (nSPS) is 17.1. The Morgan fingerprint density at radius 3 is 2.69 bits per heavy atom. The topological polar surface area (TPSA) is 32.3 Å². The lowest BCUT2D eigenvalue weighted by Crippen LogP contribution is -2.36. The van der Waals surface area contributed by atoms with Gasteiger partial charge < -0.3 is 10.2 Å². The molecule has 3 rings (SSSR count). The highest BCUT2D eigenvalue weighted by Gasteiger charge is 2.29. The molecule has 0 aliphatic carbocycles. The average Bonchev–Trinajstić information content (AvgIpc) is 2.99. The van der Waals surface area contributed by atoms with Crippen LogP contribution < -0.4 is 5.32 Å². The molecule has 1 N–H and O–H groups in total.